The zero-order chi connectivity index (χ0) is 38.6. The summed E-state index contributed by atoms with van der Waals surface area (Å²) in [7, 11) is 0. The van der Waals surface area contributed by atoms with Crippen LogP contribution in [0.3, 0.4) is 0 Å². The van der Waals surface area contributed by atoms with Crippen molar-refractivity contribution in [3.8, 4) is 0 Å². The predicted molar refractivity (Wildman–Crippen MR) is 213 cm³/mol. The van der Waals surface area contributed by atoms with Gasteiger partial charge in [-0.3, -0.25) is 9.80 Å². The van der Waals surface area contributed by atoms with Crippen molar-refractivity contribution in [2.24, 2.45) is 5.92 Å². The Hall–Kier alpha value is -4.11. The normalized spacial score (nSPS) is 19.3. The summed E-state index contributed by atoms with van der Waals surface area (Å²) in [4.78, 5) is 18.5. The van der Waals surface area contributed by atoms with Gasteiger partial charge in [-0.1, -0.05) is 123 Å². The average molecular weight is 753 g/mol. The molecule has 0 aromatic heterocycles. The van der Waals surface area contributed by atoms with E-state index in [1.165, 1.54) is 44.2 Å². The van der Waals surface area contributed by atoms with Gasteiger partial charge in [-0.25, -0.2) is 13.6 Å². The first-order valence-corrected chi connectivity index (χ1v) is 20.1. The van der Waals surface area contributed by atoms with Crippen LogP contribution in [-0.2, 0) is 40.3 Å². The third kappa shape index (κ3) is 12.4. The van der Waals surface area contributed by atoms with Crippen LogP contribution in [0.5, 0.6) is 0 Å². The minimum absolute atomic E-state index is 0.138. The van der Waals surface area contributed by atoms with Crippen LogP contribution >= 0.6 is 0 Å². The molecule has 6 nitrogen and oxygen atoms in total. The van der Waals surface area contributed by atoms with Gasteiger partial charge in [0, 0.05) is 25.2 Å². The monoisotopic (exact) mass is 752 g/mol. The Balaban J connectivity index is 1.42. The molecule has 8 heteroatoms. The molecule has 294 valence electrons. The standard InChI is InChI=1S/C47H58F2N2O4/c1-47(2,3)55-46(52)51-32-42(25-24-35-16-8-4-9-17-35)53-34-44(51)45(54-33-38-22-14-7-15-23-38)43(28-39-26-40(48)29-41(49)27-39)50(30-36-18-10-5-11-19-36)31-37-20-12-6-13-21-37/h5-7,10-15,18-23,26-27,29,35,42-45H,4,8-9,16-17,24-25,28,30-34H2,1-3H3/t42-,43-,44+,45-/m0/s1. The Morgan fingerprint density at radius 1 is 0.782 bits per heavy atom. The Morgan fingerprint density at radius 3 is 1.91 bits per heavy atom. The molecule has 1 aliphatic carbocycles. The highest BCUT2D eigenvalue weighted by Gasteiger charge is 2.44. The van der Waals surface area contributed by atoms with Crippen LogP contribution in [0.2, 0.25) is 0 Å². The van der Waals surface area contributed by atoms with Gasteiger partial charge in [0.1, 0.15) is 17.2 Å². The molecule has 0 radical (unpaired) electrons. The van der Waals surface area contributed by atoms with Crippen LogP contribution in [0.4, 0.5) is 13.6 Å². The van der Waals surface area contributed by atoms with Crippen molar-refractivity contribution in [3.05, 3.63) is 143 Å². The van der Waals surface area contributed by atoms with Crippen LogP contribution in [-0.4, -0.2) is 58.9 Å². The van der Waals surface area contributed by atoms with E-state index < -0.39 is 41.5 Å². The largest absolute Gasteiger partial charge is 0.444 e. The number of hydrogen-bond donors (Lipinski definition) is 0. The number of morpholine rings is 1. The van der Waals surface area contributed by atoms with Crippen LogP contribution < -0.4 is 0 Å². The minimum Gasteiger partial charge on any atom is -0.444 e. The van der Waals surface area contributed by atoms with Gasteiger partial charge in [0.05, 0.1) is 38.0 Å². The van der Waals surface area contributed by atoms with Crippen molar-refractivity contribution in [3.63, 3.8) is 0 Å². The van der Waals surface area contributed by atoms with Crippen LogP contribution in [0.15, 0.2) is 109 Å². The molecule has 1 heterocycles. The third-order valence-electron chi connectivity index (χ3n) is 10.9. The number of nitrogens with zero attached hydrogens (tertiary/aromatic N) is 2. The first kappa shape index (κ1) is 40.6. The van der Waals surface area contributed by atoms with E-state index in [0.29, 0.717) is 31.1 Å². The molecule has 2 aliphatic rings. The Bertz CT molecular complexity index is 1690. The summed E-state index contributed by atoms with van der Waals surface area (Å²) in [5.74, 6) is -0.580. The highest BCUT2D eigenvalue weighted by molar-refractivity contribution is 5.69. The molecule has 0 unspecified atom stereocenters. The molecule has 55 heavy (non-hydrogen) atoms. The summed E-state index contributed by atoms with van der Waals surface area (Å²) >= 11 is 0. The lowest BCUT2D eigenvalue weighted by Gasteiger charge is -2.47. The topological polar surface area (TPSA) is 51.2 Å². The molecule has 1 amide bonds. The van der Waals surface area contributed by atoms with E-state index >= 15 is 0 Å². The molecule has 1 saturated heterocycles. The quantitative estimate of drug-likeness (QED) is 0.121. The van der Waals surface area contributed by atoms with Crippen molar-refractivity contribution < 1.29 is 27.8 Å². The molecule has 1 aliphatic heterocycles. The lowest BCUT2D eigenvalue weighted by atomic mass is 9.85. The van der Waals surface area contributed by atoms with E-state index in [4.69, 9.17) is 14.2 Å². The smallest absolute Gasteiger partial charge is 0.410 e. The van der Waals surface area contributed by atoms with Gasteiger partial charge >= 0.3 is 6.09 Å². The molecule has 0 bridgehead atoms. The average Bonchev–Trinajstić information content (AvgIpc) is 3.17. The van der Waals surface area contributed by atoms with E-state index in [1.54, 1.807) is 0 Å². The number of hydrogen-bond acceptors (Lipinski definition) is 5. The summed E-state index contributed by atoms with van der Waals surface area (Å²) in [6.45, 7) is 7.60. The lowest BCUT2D eigenvalue weighted by Crippen LogP contribution is -2.63. The summed E-state index contributed by atoms with van der Waals surface area (Å²) in [6.07, 6.45) is 7.37. The zero-order valence-corrected chi connectivity index (χ0v) is 32.8. The summed E-state index contributed by atoms with van der Waals surface area (Å²) < 4.78 is 49.7. The lowest BCUT2D eigenvalue weighted by molar-refractivity contribution is -0.137. The number of carbonyl (C=O) groups excluding carboxylic acids is 1. The molecule has 6 rings (SSSR count). The zero-order valence-electron chi connectivity index (χ0n) is 32.8. The first-order chi connectivity index (χ1) is 26.6. The van der Waals surface area contributed by atoms with E-state index in [2.05, 4.69) is 29.2 Å². The number of ether oxygens (including phenoxy) is 3. The van der Waals surface area contributed by atoms with Crippen molar-refractivity contribution >= 4 is 6.09 Å². The molecule has 4 atom stereocenters. The summed E-state index contributed by atoms with van der Waals surface area (Å²) in [5, 5.41) is 0. The molecule has 1 saturated carbocycles. The van der Waals surface area contributed by atoms with Gasteiger partial charge in [0.15, 0.2) is 0 Å². The highest BCUT2D eigenvalue weighted by atomic mass is 19.1. The predicted octanol–water partition coefficient (Wildman–Crippen LogP) is 10.5. The van der Waals surface area contributed by atoms with Gasteiger partial charge in [0.25, 0.3) is 0 Å². The maximum atomic E-state index is 14.9. The fraction of sp³-hybridized carbons (Fsp3) is 0.468. The van der Waals surface area contributed by atoms with E-state index in [1.807, 2.05) is 92.4 Å². The first-order valence-electron chi connectivity index (χ1n) is 20.1. The second-order valence-electron chi connectivity index (χ2n) is 16.4. The minimum atomic E-state index is -0.719. The van der Waals surface area contributed by atoms with E-state index in [-0.39, 0.29) is 25.7 Å². The van der Waals surface area contributed by atoms with Gasteiger partial charge in [0.2, 0.25) is 0 Å². The molecule has 0 N–H and O–H groups in total. The summed E-state index contributed by atoms with van der Waals surface area (Å²) in [6, 6.07) is 33.1. The molecule has 4 aromatic rings. The molecule has 0 spiro atoms. The maximum absolute atomic E-state index is 14.9. The number of amides is 1. The molecular formula is C47H58F2N2O4. The van der Waals surface area contributed by atoms with Crippen molar-refractivity contribution in [1.29, 1.82) is 0 Å². The Morgan fingerprint density at radius 2 is 1.35 bits per heavy atom. The van der Waals surface area contributed by atoms with Crippen LogP contribution in [0.1, 0.15) is 88.0 Å². The Labute approximate surface area is 326 Å². The second-order valence-corrected chi connectivity index (χ2v) is 16.4. The van der Waals surface area contributed by atoms with E-state index in [0.717, 1.165) is 35.6 Å². The van der Waals surface area contributed by atoms with Gasteiger partial charge < -0.3 is 14.2 Å². The van der Waals surface area contributed by atoms with Crippen LogP contribution in [0, 0.1) is 17.6 Å². The fourth-order valence-electron chi connectivity index (χ4n) is 8.20. The van der Waals surface area contributed by atoms with Gasteiger partial charge in [-0.15, -0.1) is 0 Å². The molecule has 4 aromatic carbocycles. The van der Waals surface area contributed by atoms with Crippen molar-refractivity contribution in [1.82, 2.24) is 9.80 Å². The Kier molecular flexibility index (Phi) is 14.5. The van der Waals surface area contributed by atoms with Crippen LogP contribution in [0.25, 0.3) is 0 Å². The number of carbonyl (C=O) groups is 1. The highest BCUT2D eigenvalue weighted by Crippen LogP contribution is 2.32. The molecule has 2 fully saturated rings. The van der Waals surface area contributed by atoms with Crippen molar-refractivity contribution in [2.45, 2.75) is 122 Å². The van der Waals surface area contributed by atoms with Gasteiger partial charge in [-0.05, 0) is 80.3 Å². The molecular weight excluding hydrogens is 695 g/mol. The van der Waals surface area contributed by atoms with E-state index in [9.17, 15) is 13.6 Å². The maximum Gasteiger partial charge on any atom is 0.410 e. The third-order valence-corrected chi connectivity index (χ3v) is 10.9. The SMILES string of the molecule is CC(C)(C)OC(=O)N1C[C@H](CCC2CCCCC2)OC[C@@H]1[C@@H](OCc1ccccc1)[C@H](Cc1cc(F)cc(F)c1)N(Cc1ccccc1)Cc1ccccc1. The number of benzene rings is 4. The number of halogens is 2. The van der Waals surface area contributed by atoms with Gasteiger partial charge in [-0.2, -0.15) is 0 Å². The fourth-order valence-corrected chi connectivity index (χ4v) is 8.20. The summed E-state index contributed by atoms with van der Waals surface area (Å²) in [5.41, 5.74) is 2.94. The number of rotatable bonds is 15. The second kappa shape index (κ2) is 19.7. The van der Waals surface area contributed by atoms with Crippen molar-refractivity contribution in [2.75, 3.05) is 13.2 Å².